The molecule has 2 aromatic carbocycles. The van der Waals surface area contributed by atoms with Gasteiger partial charge in [-0.3, -0.25) is 14.7 Å². The minimum absolute atomic E-state index is 0.315. The summed E-state index contributed by atoms with van der Waals surface area (Å²) in [6.07, 6.45) is 1.53. The van der Waals surface area contributed by atoms with Gasteiger partial charge in [0.05, 0.1) is 24.6 Å². The Bertz CT molecular complexity index is 874. The topological polar surface area (TPSA) is 96.1 Å². The number of nitrogens with zero attached hydrogens (tertiary/aromatic N) is 1. The number of para-hydroxylation sites is 1. The summed E-state index contributed by atoms with van der Waals surface area (Å²) in [4.78, 5) is 24.8. The van der Waals surface area contributed by atoms with Gasteiger partial charge in [-0.2, -0.15) is 5.10 Å². The monoisotopic (exact) mass is 336 g/mol. The van der Waals surface area contributed by atoms with Crippen LogP contribution in [0.2, 0.25) is 0 Å². The third-order valence-electron chi connectivity index (χ3n) is 3.52. The molecule has 0 aliphatic rings. The lowest BCUT2D eigenvalue weighted by molar-refractivity contribution is 0.102. The fourth-order valence-corrected chi connectivity index (χ4v) is 2.24. The average molecular weight is 336 g/mol. The van der Waals surface area contributed by atoms with Gasteiger partial charge in [0, 0.05) is 11.6 Å². The van der Waals surface area contributed by atoms with E-state index in [4.69, 9.17) is 4.74 Å². The maximum Gasteiger partial charge on any atom is 0.258 e. The molecule has 0 aliphatic heterocycles. The number of ether oxygens (including phenoxy) is 1. The van der Waals surface area contributed by atoms with Crippen LogP contribution in [-0.2, 0) is 0 Å². The first kappa shape index (κ1) is 16.3. The summed E-state index contributed by atoms with van der Waals surface area (Å²) in [5.41, 5.74) is 1.23. The lowest BCUT2D eigenvalue weighted by Crippen LogP contribution is -2.18. The Kier molecular flexibility index (Phi) is 4.75. The number of H-pyrrole nitrogens is 1. The zero-order valence-electron chi connectivity index (χ0n) is 13.4. The van der Waals surface area contributed by atoms with Crippen molar-refractivity contribution in [1.29, 1.82) is 0 Å². The van der Waals surface area contributed by atoms with E-state index in [1.54, 1.807) is 61.7 Å². The highest BCUT2D eigenvalue weighted by molar-refractivity contribution is 6.12. The van der Waals surface area contributed by atoms with Crippen LogP contribution in [0.1, 0.15) is 20.7 Å². The van der Waals surface area contributed by atoms with E-state index >= 15 is 0 Å². The summed E-state index contributed by atoms with van der Waals surface area (Å²) in [6.45, 7) is 0. The molecule has 126 valence electrons. The molecular weight excluding hydrogens is 320 g/mol. The smallest absolute Gasteiger partial charge is 0.258 e. The Balaban J connectivity index is 1.78. The molecule has 0 atom stereocenters. The normalized spacial score (nSPS) is 10.1. The first-order valence-electron chi connectivity index (χ1n) is 7.52. The second-order valence-corrected chi connectivity index (χ2v) is 5.15. The van der Waals surface area contributed by atoms with Gasteiger partial charge in [-0.05, 0) is 36.4 Å². The highest BCUT2D eigenvalue weighted by Crippen LogP contribution is 2.19. The standard InChI is InChI=1S/C18H16N4O3/c1-25-13-8-6-12(7-9-13)17(23)20-15-5-3-2-4-14(15)18(24)21-16-10-11-19-22-16/h2-11H,1H3,(H,20,23)(H2,19,21,22,24). The predicted octanol–water partition coefficient (Wildman–Crippen LogP) is 2.92. The van der Waals surface area contributed by atoms with Crippen LogP contribution in [0.5, 0.6) is 5.75 Å². The van der Waals surface area contributed by atoms with E-state index in [1.165, 1.54) is 6.20 Å². The number of hydrogen-bond donors (Lipinski definition) is 3. The maximum atomic E-state index is 12.4. The maximum absolute atomic E-state index is 12.4. The van der Waals surface area contributed by atoms with Gasteiger partial charge in [0.1, 0.15) is 11.6 Å². The van der Waals surface area contributed by atoms with Crippen molar-refractivity contribution in [3.8, 4) is 5.75 Å². The molecule has 1 aromatic heterocycles. The number of anilines is 2. The van der Waals surface area contributed by atoms with E-state index in [9.17, 15) is 9.59 Å². The van der Waals surface area contributed by atoms with E-state index < -0.39 is 0 Å². The molecule has 3 N–H and O–H groups in total. The minimum Gasteiger partial charge on any atom is -0.497 e. The number of carbonyl (C=O) groups excluding carboxylic acids is 2. The average Bonchev–Trinajstić information content (AvgIpc) is 3.15. The fraction of sp³-hybridized carbons (Fsp3) is 0.0556. The van der Waals surface area contributed by atoms with Gasteiger partial charge in [-0.1, -0.05) is 12.1 Å². The van der Waals surface area contributed by atoms with E-state index in [2.05, 4.69) is 20.8 Å². The molecule has 0 unspecified atom stereocenters. The molecular formula is C18H16N4O3. The molecule has 0 radical (unpaired) electrons. The quantitative estimate of drug-likeness (QED) is 0.667. The summed E-state index contributed by atoms with van der Waals surface area (Å²) in [5.74, 6) is 0.469. The highest BCUT2D eigenvalue weighted by Gasteiger charge is 2.14. The first-order chi connectivity index (χ1) is 12.2. The lowest BCUT2D eigenvalue weighted by atomic mass is 10.1. The Morgan fingerprint density at radius 2 is 1.72 bits per heavy atom. The molecule has 7 heteroatoms. The van der Waals surface area contributed by atoms with Crippen LogP contribution in [0.25, 0.3) is 0 Å². The lowest BCUT2D eigenvalue weighted by Gasteiger charge is -2.11. The zero-order chi connectivity index (χ0) is 17.6. The third-order valence-corrected chi connectivity index (χ3v) is 3.52. The number of carbonyl (C=O) groups is 2. The van der Waals surface area contributed by atoms with Gasteiger partial charge in [0.2, 0.25) is 0 Å². The molecule has 0 saturated heterocycles. The summed E-state index contributed by atoms with van der Waals surface area (Å²) in [6, 6.07) is 15.1. The minimum atomic E-state index is -0.352. The molecule has 0 fully saturated rings. The summed E-state index contributed by atoms with van der Waals surface area (Å²) < 4.78 is 5.08. The van der Waals surface area contributed by atoms with Gasteiger partial charge in [-0.15, -0.1) is 0 Å². The molecule has 3 rings (SSSR count). The molecule has 2 amide bonds. The highest BCUT2D eigenvalue weighted by atomic mass is 16.5. The van der Waals surface area contributed by atoms with Gasteiger partial charge < -0.3 is 15.4 Å². The number of amides is 2. The van der Waals surface area contributed by atoms with Crippen molar-refractivity contribution in [1.82, 2.24) is 10.2 Å². The summed E-state index contributed by atoms with van der Waals surface area (Å²) >= 11 is 0. The third kappa shape index (κ3) is 3.84. The van der Waals surface area contributed by atoms with E-state index in [0.717, 1.165) is 0 Å². The van der Waals surface area contributed by atoms with Crippen molar-refractivity contribution in [2.75, 3.05) is 17.7 Å². The largest absolute Gasteiger partial charge is 0.497 e. The van der Waals surface area contributed by atoms with Crippen molar-refractivity contribution < 1.29 is 14.3 Å². The van der Waals surface area contributed by atoms with Crippen LogP contribution < -0.4 is 15.4 Å². The van der Waals surface area contributed by atoms with Gasteiger partial charge in [0.25, 0.3) is 11.8 Å². The van der Waals surface area contributed by atoms with Crippen molar-refractivity contribution in [2.45, 2.75) is 0 Å². The van der Waals surface area contributed by atoms with Crippen LogP contribution in [0.3, 0.4) is 0 Å². The number of aromatic nitrogens is 2. The van der Waals surface area contributed by atoms with Crippen LogP contribution in [0.4, 0.5) is 11.5 Å². The van der Waals surface area contributed by atoms with Gasteiger partial charge in [0.15, 0.2) is 0 Å². The molecule has 0 spiro atoms. The van der Waals surface area contributed by atoms with Crippen molar-refractivity contribution in [2.24, 2.45) is 0 Å². The molecule has 7 nitrogen and oxygen atoms in total. The summed E-state index contributed by atoms with van der Waals surface area (Å²) in [5, 5.41) is 11.9. The number of rotatable bonds is 5. The van der Waals surface area contributed by atoms with Crippen LogP contribution in [-0.4, -0.2) is 29.1 Å². The van der Waals surface area contributed by atoms with Crippen molar-refractivity contribution >= 4 is 23.3 Å². The number of methoxy groups -OCH3 is 1. The Hall–Kier alpha value is -3.61. The predicted molar refractivity (Wildman–Crippen MR) is 93.9 cm³/mol. The summed E-state index contributed by atoms with van der Waals surface area (Å²) in [7, 11) is 1.56. The first-order valence-corrected chi connectivity index (χ1v) is 7.52. The SMILES string of the molecule is COc1ccc(C(=O)Nc2ccccc2C(=O)Nc2ccn[nH]2)cc1. The molecule has 3 aromatic rings. The molecule has 1 heterocycles. The van der Waals surface area contributed by atoms with Crippen LogP contribution in [0, 0.1) is 0 Å². The molecule has 0 aliphatic carbocycles. The Labute approximate surface area is 144 Å². The molecule has 25 heavy (non-hydrogen) atoms. The number of benzene rings is 2. The van der Waals surface area contributed by atoms with E-state index in [-0.39, 0.29) is 11.8 Å². The van der Waals surface area contributed by atoms with E-state index in [0.29, 0.717) is 28.4 Å². The molecule has 0 saturated carbocycles. The van der Waals surface area contributed by atoms with Gasteiger partial charge in [-0.25, -0.2) is 0 Å². The number of hydrogen-bond acceptors (Lipinski definition) is 4. The Morgan fingerprint density at radius 3 is 2.40 bits per heavy atom. The fourth-order valence-electron chi connectivity index (χ4n) is 2.24. The van der Waals surface area contributed by atoms with Crippen LogP contribution >= 0.6 is 0 Å². The van der Waals surface area contributed by atoms with E-state index in [1.807, 2.05) is 0 Å². The second kappa shape index (κ2) is 7.31. The Morgan fingerprint density at radius 1 is 0.960 bits per heavy atom. The van der Waals surface area contributed by atoms with Crippen molar-refractivity contribution in [3.05, 3.63) is 71.9 Å². The molecule has 0 bridgehead atoms. The number of nitrogens with one attached hydrogen (secondary N) is 3. The van der Waals surface area contributed by atoms with Crippen LogP contribution in [0.15, 0.2) is 60.8 Å². The van der Waals surface area contributed by atoms with Gasteiger partial charge >= 0.3 is 0 Å². The zero-order valence-corrected chi connectivity index (χ0v) is 13.4. The van der Waals surface area contributed by atoms with Crippen molar-refractivity contribution in [3.63, 3.8) is 0 Å². The second-order valence-electron chi connectivity index (χ2n) is 5.15. The number of aromatic amines is 1.